The van der Waals surface area contributed by atoms with Crippen molar-refractivity contribution in [2.45, 2.75) is 62.2 Å². The van der Waals surface area contributed by atoms with E-state index in [-0.39, 0.29) is 23.1 Å². The molecule has 0 aliphatic heterocycles. The summed E-state index contributed by atoms with van der Waals surface area (Å²) in [6.07, 6.45) is 10.8. The van der Waals surface area contributed by atoms with Crippen LogP contribution >= 0.6 is 0 Å². The maximum atomic E-state index is 13.7. The number of aromatic nitrogens is 5. The van der Waals surface area contributed by atoms with Crippen LogP contribution in [0.4, 0.5) is 11.8 Å². The van der Waals surface area contributed by atoms with Crippen LogP contribution in [0.25, 0.3) is 11.3 Å². The van der Waals surface area contributed by atoms with Crippen molar-refractivity contribution in [3.63, 3.8) is 0 Å². The van der Waals surface area contributed by atoms with Gasteiger partial charge >= 0.3 is 0 Å². The summed E-state index contributed by atoms with van der Waals surface area (Å²) in [4.78, 5) is 35.6. The molecule has 3 aromatic heterocycles. The van der Waals surface area contributed by atoms with Gasteiger partial charge in [-0.2, -0.15) is 0 Å². The van der Waals surface area contributed by atoms with E-state index in [2.05, 4.69) is 35.0 Å². The molecule has 0 spiro atoms. The number of anilines is 2. The van der Waals surface area contributed by atoms with Crippen LogP contribution in [-0.4, -0.2) is 52.9 Å². The van der Waals surface area contributed by atoms with E-state index in [0.29, 0.717) is 55.4 Å². The van der Waals surface area contributed by atoms with Crippen LogP contribution in [0.3, 0.4) is 0 Å². The summed E-state index contributed by atoms with van der Waals surface area (Å²) < 4.78 is 20.7. The van der Waals surface area contributed by atoms with Crippen LogP contribution in [0.5, 0.6) is 5.88 Å². The highest BCUT2D eigenvalue weighted by Crippen LogP contribution is 2.39. The first kappa shape index (κ1) is 25.2. The molecule has 1 amide bonds. The van der Waals surface area contributed by atoms with E-state index in [1.165, 1.54) is 0 Å². The predicted octanol–water partition coefficient (Wildman–Crippen LogP) is 2.74. The third-order valence-electron chi connectivity index (χ3n) is 6.69. The zero-order valence-electron chi connectivity index (χ0n) is 20.6. The third-order valence-corrected chi connectivity index (χ3v) is 8.15. The van der Waals surface area contributed by atoms with Gasteiger partial charge in [0.25, 0.3) is 0 Å². The van der Waals surface area contributed by atoms with Gasteiger partial charge in [-0.1, -0.05) is 0 Å². The van der Waals surface area contributed by atoms with Gasteiger partial charge in [-0.15, -0.1) is 0 Å². The number of nitrogens with one attached hydrogen (secondary N) is 2. The SMILES string of the molecule is CCOc1cncc(-c2ccc(NC(=O)C3(c4ccnc(NS(=O)C5CC5)n4)CCC(N)CC3)nc2)n1. The van der Waals surface area contributed by atoms with Gasteiger partial charge in [0.15, 0.2) is 0 Å². The Morgan fingerprint density at radius 1 is 1.11 bits per heavy atom. The number of hydrogen-bond donors (Lipinski definition) is 3. The van der Waals surface area contributed by atoms with Gasteiger partial charge in [-0.3, -0.25) is 14.5 Å². The van der Waals surface area contributed by atoms with Crippen molar-refractivity contribution in [1.29, 1.82) is 0 Å². The molecular formula is C25H30N8O3S. The Balaban J connectivity index is 1.36. The molecule has 2 fully saturated rings. The lowest BCUT2D eigenvalue weighted by atomic mass is 9.69. The number of ether oxygens (including phenoxy) is 1. The molecule has 5 rings (SSSR count). The molecule has 2 aliphatic rings. The molecule has 37 heavy (non-hydrogen) atoms. The van der Waals surface area contributed by atoms with Crippen molar-refractivity contribution in [1.82, 2.24) is 24.9 Å². The lowest BCUT2D eigenvalue weighted by Gasteiger charge is -2.37. The number of rotatable bonds is 9. The fourth-order valence-corrected chi connectivity index (χ4v) is 5.43. The Morgan fingerprint density at radius 3 is 2.62 bits per heavy atom. The molecule has 2 saturated carbocycles. The molecule has 12 heteroatoms. The molecule has 4 N–H and O–H groups in total. The maximum absolute atomic E-state index is 13.7. The maximum Gasteiger partial charge on any atom is 0.237 e. The molecule has 0 saturated heterocycles. The van der Waals surface area contributed by atoms with E-state index >= 15 is 0 Å². The normalized spacial score (nSPS) is 22.2. The zero-order chi connectivity index (χ0) is 25.8. The number of amides is 1. The average molecular weight is 523 g/mol. The molecule has 194 valence electrons. The van der Waals surface area contributed by atoms with Gasteiger partial charge in [0.05, 0.1) is 41.1 Å². The fourth-order valence-electron chi connectivity index (χ4n) is 4.42. The zero-order valence-corrected chi connectivity index (χ0v) is 21.4. The summed E-state index contributed by atoms with van der Waals surface area (Å²) in [7, 11) is -1.23. The van der Waals surface area contributed by atoms with Crippen LogP contribution < -0.4 is 20.5 Å². The lowest BCUT2D eigenvalue weighted by Crippen LogP contribution is -2.46. The first-order valence-electron chi connectivity index (χ1n) is 12.5. The molecule has 1 atom stereocenters. The molecule has 3 aromatic rings. The Hall–Kier alpha value is -3.51. The second-order valence-corrected chi connectivity index (χ2v) is 10.8. The second-order valence-electron chi connectivity index (χ2n) is 9.35. The predicted molar refractivity (Wildman–Crippen MR) is 140 cm³/mol. The van der Waals surface area contributed by atoms with Crippen molar-refractivity contribution in [2.75, 3.05) is 16.6 Å². The van der Waals surface area contributed by atoms with Gasteiger partial charge in [-0.25, -0.2) is 24.1 Å². The monoisotopic (exact) mass is 522 g/mol. The first-order valence-corrected chi connectivity index (χ1v) is 13.7. The Bertz CT molecular complexity index is 1280. The van der Waals surface area contributed by atoms with Gasteiger partial charge < -0.3 is 15.8 Å². The number of pyridine rings is 1. The number of carbonyl (C=O) groups excluding carboxylic acids is 1. The number of carbonyl (C=O) groups is 1. The number of nitrogens with zero attached hydrogens (tertiary/aromatic N) is 5. The van der Waals surface area contributed by atoms with Crippen molar-refractivity contribution in [3.8, 4) is 17.1 Å². The van der Waals surface area contributed by atoms with Crippen molar-refractivity contribution in [2.24, 2.45) is 5.73 Å². The molecule has 11 nitrogen and oxygen atoms in total. The van der Waals surface area contributed by atoms with Crippen LogP contribution in [0, 0.1) is 0 Å². The summed E-state index contributed by atoms with van der Waals surface area (Å²) in [5.41, 5.74) is 7.24. The molecule has 0 radical (unpaired) electrons. The van der Waals surface area contributed by atoms with E-state index in [1.807, 2.05) is 13.0 Å². The van der Waals surface area contributed by atoms with Gasteiger partial charge in [-0.05, 0) is 63.6 Å². The Kier molecular flexibility index (Phi) is 7.38. The fraction of sp³-hybridized carbons (Fsp3) is 0.440. The molecule has 0 aromatic carbocycles. The molecule has 2 aliphatic carbocycles. The van der Waals surface area contributed by atoms with Crippen LogP contribution in [0.2, 0.25) is 0 Å². The van der Waals surface area contributed by atoms with Gasteiger partial charge in [0.1, 0.15) is 16.8 Å². The smallest absolute Gasteiger partial charge is 0.237 e. The second kappa shape index (κ2) is 10.9. The topological polar surface area (TPSA) is 158 Å². The van der Waals surface area contributed by atoms with E-state index in [4.69, 9.17) is 10.5 Å². The van der Waals surface area contributed by atoms with E-state index in [1.54, 1.807) is 36.9 Å². The minimum atomic E-state index is -1.23. The van der Waals surface area contributed by atoms with E-state index in [0.717, 1.165) is 18.4 Å². The van der Waals surface area contributed by atoms with Crippen molar-refractivity contribution >= 4 is 28.7 Å². The first-order chi connectivity index (χ1) is 18.0. The van der Waals surface area contributed by atoms with Crippen molar-refractivity contribution < 1.29 is 13.7 Å². The lowest BCUT2D eigenvalue weighted by molar-refractivity contribution is -0.123. The summed E-state index contributed by atoms with van der Waals surface area (Å²) in [6.45, 7) is 2.38. The molecule has 0 bridgehead atoms. The van der Waals surface area contributed by atoms with Gasteiger partial charge in [0, 0.05) is 24.0 Å². The van der Waals surface area contributed by atoms with Crippen LogP contribution in [0.15, 0.2) is 43.0 Å². The number of nitrogens with two attached hydrogens (primary N) is 1. The van der Waals surface area contributed by atoms with Gasteiger partial charge in [0.2, 0.25) is 17.7 Å². The third kappa shape index (κ3) is 5.75. The largest absolute Gasteiger partial charge is 0.477 e. The quantitative estimate of drug-likeness (QED) is 0.384. The van der Waals surface area contributed by atoms with E-state index in [9.17, 15) is 9.00 Å². The van der Waals surface area contributed by atoms with Crippen LogP contribution in [-0.2, 0) is 21.2 Å². The summed E-state index contributed by atoms with van der Waals surface area (Å²) in [5.74, 6) is 0.919. The van der Waals surface area contributed by atoms with Crippen molar-refractivity contribution in [3.05, 3.63) is 48.7 Å². The number of hydrogen-bond acceptors (Lipinski definition) is 9. The van der Waals surface area contributed by atoms with E-state index < -0.39 is 16.4 Å². The molecule has 1 unspecified atom stereocenters. The summed E-state index contributed by atoms with van der Waals surface area (Å²) in [5, 5.41) is 3.11. The summed E-state index contributed by atoms with van der Waals surface area (Å²) in [6, 6.07) is 5.35. The highest BCUT2D eigenvalue weighted by Gasteiger charge is 2.44. The minimum absolute atomic E-state index is 0.0358. The Morgan fingerprint density at radius 2 is 1.92 bits per heavy atom. The minimum Gasteiger partial charge on any atom is -0.477 e. The van der Waals surface area contributed by atoms with Crippen LogP contribution in [0.1, 0.15) is 51.1 Å². The summed E-state index contributed by atoms with van der Waals surface area (Å²) >= 11 is 0. The molecular weight excluding hydrogens is 492 g/mol. The highest BCUT2D eigenvalue weighted by atomic mass is 32.2. The standard InChI is InChI=1S/C25H30N8O3S/c1-2-36-22-15-27-14-19(30-22)16-3-6-21(29-13-16)32-23(34)25(10-7-17(26)8-11-25)20-9-12-28-24(31-20)33-37(35)18-4-5-18/h3,6,9,12-15,17-18H,2,4-5,7-8,10-11,26H2,1H3,(H,28,31,33)(H,29,32,34). The molecule has 3 heterocycles. The average Bonchev–Trinajstić information content (AvgIpc) is 3.76. The Labute approximate surface area is 217 Å². The highest BCUT2D eigenvalue weighted by molar-refractivity contribution is 7.87.